The molecule has 35 heavy (non-hydrogen) atoms. The molecule has 7 heteroatoms. The van der Waals surface area contributed by atoms with Gasteiger partial charge in [-0.25, -0.2) is 9.36 Å². The van der Waals surface area contributed by atoms with E-state index >= 15 is 0 Å². The van der Waals surface area contributed by atoms with Crippen LogP contribution in [0, 0.1) is 0 Å². The molecular formula is C28H20BrN3O3. The number of fused-ring (bicyclic) bond motifs is 3. The lowest BCUT2D eigenvalue weighted by Crippen LogP contribution is -2.27. The summed E-state index contributed by atoms with van der Waals surface area (Å²) >= 11 is 3.49. The fraction of sp³-hybridized carbons (Fsp3) is 0.0714. The fourth-order valence-corrected chi connectivity index (χ4v) is 4.96. The van der Waals surface area contributed by atoms with Gasteiger partial charge in [-0.1, -0.05) is 70.5 Å². The lowest BCUT2D eigenvalue weighted by molar-refractivity contribution is -0.117. The van der Waals surface area contributed by atoms with Gasteiger partial charge in [0.05, 0.1) is 11.3 Å². The molecule has 1 aliphatic rings. The number of para-hydroxylation sites is 1. The van der Waals surface area contributed by atoms with Crippen LogP contribution in [0.2, 0.25) is 0 Å². The second-order valence-corrected chi connectivity index (χ2v) is 9.32. The van der Waals surface area contributed by atoms with Gasteiger partial charge in [-0.3, -0.25) is 9.59 Å². The third kappa shape index (κ3) is 3.84. The Morgan fingerprint density at radius 2 is 1.71 bits per heavy atom. The topological polar surface area (TPSA) is 65.3 Å². The molecule has 0 saturated heterocycles. The quantitative estimate of drug-likeness (QED) is 0.312. The molecular weight excluding hydrogens is 506 g/mol. The van der Waals surface area contributed by atoms with E-state index in [0.29, 0.717) is 29.3 Å². The third-order valence-corrected chi connectivity index (χ3v) is 6.63. The molecule has 0 saturated carbocycles. The van der Waals surface area contributed by atoms with Crippen molar-refractivity contribution in [1.29, 1.82) is 0 Å². The lowest BCUT2D eigenvalue weighted by Gasteiger charge is -2.20. The minimum Gasteiger partial charge on any atom is -0.439 e. The Hall–Kier alpha value is -4.10. The largest absolute Gasteiger partial charge is 0.439 e. The molecule has 0 atom stereocenters. The summed E-state index contributed by atoms with van der Waals surface area (Å²) in [6.45, 7) is -0.0887. The molecule has 1 amide bonds. The molecule has 4 aromatic carbocycles. The van der Waals surface area contributed by atoms with Gasteiger partial charge in [-0.2, -0.15) is 0 Å². The van der Waals surface area contributed by atoms with Gasteiger partial charge in [-0.15, -0.1) is 0 Å². The van der Waals surface area contributed by atoms with Crippen molar-refractivity contribution in [3.63, 3.8) is 0 Å². The highest BCUT2D eigenvalue weighted by Crippen LogP contribution is 2.37. The standard InChI is InChI=1S/C28H20BrN3O3/c29-20-13-14-25-19(15-20)16-23-27(34)32(21-9-2-1-3-10-21)31(28(23)35-25)17-26(33)30-24-12-6-8-18-7-4-5-11-22(18)24/h1-15H,16-17H2,(H,30,33). The van der Waals surface area contributed by atoms with E-state index < -0.39 is 0 Å². The molecule has 0 fully saturated rings. The average molecular weight is 526 g/mol. The van der Waals surface area contributed by atoms with E-state index in [1.165, 1.54) is 4.68 Å². The van der Waals surface area contributed by atoms with Crippen LogP contribution in [0.15, 0.2) is 100 Å². The van der Waals surface area contributed by atoms with Crippen LogP contribution < -0.4 is 15.6 Å². The summed E-state index contributed by atoms with van der Waals surface area (Å²) in [5.74, 6) is 0.810. The molecule has 172 valence electrons. The molecule has 1 aliphatic heterocycles. The van der Waals surface area contributed by atoms with Gasteiger partial charge in [0.2, 0.25) is 11.8 Å². The number of carbonyl (C=O) groups is 1. The monoisotopic (exact) mass is 525 g/mol. The van der Waals surface area contributed by atoms with Crippen molar-refractivity contribution in [2.75, 3.05) is 5.32 Å². The number of carbonyl (C=O) groups excluding carboxylic acids is 1. The van der Waals surface area contributed by atoms with Crippen LogP contribution in [0.3, 0.4) is 0 Å². The Morgan fingerprint density at radius 1 is 0.943 bits per heavy atom. The molecule has 0 radical (unpaired) electrons. The summed E-state index contributed by atoms with van der Waals surface area (Å²) in [6, 6.07) is 28.7. The van der Waals surface area contributed by atoms with Crippen molar-refractivity contribution in [3.8, 4) is 17.3 Å². The maximum atomic E-state index is 13.6. The number of benzene rings is 4. The van der Waals surface area contributed by atoms with Crippen molar-refractivity contribution in [1.82, 2.24) is 9.36 Å². The first-order valence-electron chi connectivity index (χ1n) is 11.2. The summed E-state index contributed by atoms with van der Waals surface area (Å²) in [6.07, 6.45) is 0.424. The third-order valence-electron chi connectivity index (χ3n) is 6.14. The molecule has 1 N–H and O–H groups in total. The van der Waals surface area contributed by atoms with Crippen molar-refractivity contribution in [3.05, 3.63) is 117 Å². The van der Waals surface area contributed by atoms with Gasteiger partial charge < -0.3 is 10.1 Å². The van der Waals surface area contributed by atoms with Crippen molar-refractivity contribution >= 4 is 38.3 Å². The number of nitrogens with one attached hydrogen (secondary N) is 1. The summed E-state index contributed by atoms with van der Waals surface area (Å²) < 4.78 is 10.3. The Morgan fingerprint density at radius 3 is 2.57 bits per heavy atom. The predicted molar refractivity (Wildman–Crippen MR) is 140 cm³/mol. The molecule has 0 aliphatic carbocycles. The number of anilines is 1. The van der Waals surface area contributed by atoms with Gasteiger partial charge in [-0.05, 0) is 41.8 Å². The van der Waals surface area contributed by atoms with Crippen molar-refractivity contribution in [2.24, 2.45) is 0 Å². The zero-order chi connectivity index (χ0) is 23.9. The summed E-state index contributed by atoms with van der Waals surface area (Å²) in [5, 5.41) is 5.01. The van der Waals surface area contributed by atoms with E-state index in [-0.39, 0.29) is 18.0 Å². The van der Waals surface area contributed by atoms with E-state index in [2.05, 4.69) is 21.2 Å². The first kappa shape index (κ1) is 21.4. The molecule has 1 aromatic heterocycles. The number of rotatable bonds is 4. The van der Waals surface area contributed by atoms with Crippen LogP contribution >= 0.6 is 15.9 Å². The summed E-state index contributed by atoms with van der Waals surface area (Å²) in [5.41, 5.74) is 2.63. The van der Waals surface area contributed by atoms with Crippen LogP contribution in [-0.4, -0.2) is 15.3 Å². The van der Waals surface area contributed by atoms with E-state index in [0.717, 1.165) is 26.5 Å². The second kappa shape index (κ2) is 8.60. The number of hydrogen-bond donors (Lipinski definition) is 1. The highest BCUT2D eigenvalue weighted by Gasteiger charge is 2.29. The highest BCUT2D eigenvalue weighted by molar-refractivity contribution is 9.10. The fourth-order valence-electron chi connectivity index (χ4n) is 4.55. The Balaban J connectivity index is 1.42. The van der Waals surface area contributed by atoms with Crippen LogP contribution in [-0.2, 0) is 17.8 Å². The number of hydrogen-bond acceptors (Lipinski definition) is 3. The number of halogens is 1. The second-order valence-electron chi connectivity index (χ2n) is 8.40. The zero-order valence-electron chi connectivity index (χ0n) is 18.6. The SMILES string of the molecule is O=C(Cn1c2c(c(=O)n1-c1ccccc1)Cc1cc(Br)ccc1O2)Nc1cccc2ccccc12. The van der Waals surface area contributed by atoms with E-state index in [9.17, 15) is 9.59 Å². The molecule has 0 unspecified atom stereocenters. The number of amides is 1. The minimum atomic E-state index is -0.256. The van der Waals surface area contributed by atoms with Gasteiger partial charge in [0.1, 0.15) is 12.3 Å². The van der Waals surface area contributed by atoms with Gasteiger partial charge in [0, 0.05) is 27.5 Å². The summed E-state index contributed by atoms with van der Waals surface area (Å²) in [7, 11) is 0. The van der Waals surface area contributed by atoms with Crippen LogP contribution in [0.4, 0.5) is 5.69 Å². The van der Waals surface area contributed by atoms with E-state index in [1.54, 1.807) is 4.68 Å². The molecule has 2 heterocycles. The maximum Gasteiger partial charge on any atom is 0.278 e. The lowest BCUT2D eigenvalue weighted by atomic mass is 10.0. The highest BCUT2D eigenvalue weighted by atomic mass is 79.9. The summed E-state index contributed by atoms with van der Waals surface area (Å²) in [4.78, 5) is 26.8. The Kier molecular flexibility index (Phi) is 5.26. The molecule has 6 nitrogen and oxygen atoms in total. The van der Waals surface area contributed by atoms with Crippen LogP contribution in [0.1, 0.15) is 11.1 Å². The predicted octanol–water partition coefficient (Wildman–Crippen LogP) is 5.89. The van der Waals surface area contributed by atoms with Crippen LogP contribution in [0.5, 0.6) is 11.6 Å². The number of ether oxygens (including phenoxy) is 1. The Labute approximate surface area is 209 Å². The van der Waals surface area contributed by atoms with Gasteiger partial charge in [0.15, 0.2) is 0 Å². The van der Waals surface area contributed by atoms with Gasteiger partial charge in [0.25, 0.3) is 5.56 Å². The average Bonchev–Trinajstić information content (AvgIpc) is 3.13. The molecule has 6 rings (SSSR count). The smallest absolute Gasteiger partial charge is 0.278 e. The van der Waals surface area contributed by atoms with Gasteiger partial charge >= 0.3 is 0 Å². The van der Waals surface area contributed by atoms with Crippen molar-refractivity contribution in [2.45, 2.75) is 13.0 Å². The number of nitrogens with zero attached hydrogens (tertiary/aromatic N) is 2. The first-order valence-corrected chi connectivity index (χ1v) is 12.0. The zero-order valence-corrected chi connectivity index (χ0v) is 20.2. The Bertz CT molecular complexity index is 1650. The molecule has 5 aromatic rings. The maximum absolute atomic E-state index is 13.6. The van der Waals surface area contributed by atoms with E-state index in [1.807, 2.05) is 91.0 Å². The molecule has 0 spiro atoms. The first-order chi connectivity index (χ1) is 17.1. The number of aromatic nitrogens is 2. The van der Waals surface area contributed by atoms with Crippen molar-refractivity contribution < 1.29 is 9.53 Å². The van der Waals surface area contributed by atoms with E-state index in [4.69, 9.17) is 4.74 Å². The normalized spacial score (nSPS) is 12.0. The minimum absolute atomic E-state index is 0.0887. The molecule has 0 bridgehead atoms. The van der Waals surface area contributed by atoms with Crippen LogP contribution in [0.25, 0.3) is 16.5 Å².